The van der Waals surface area contributed by atoms with E-state index < -0.39 is 24.0 Å². The second-order valence-electron chi connectivity index (χ2n) is 5.40. The first-order valence-corrected chi connectivity index (χ1v) is 8.95. The Bertz CT molecular complexity index is 780. The molecule has 0 saturated carbocycles. The summed E-state index contributed by atoms with van der Waals surface area (Å²) in [6, 6.07) is 15.6. The summed E-state index contributed by atoms with van der Waals surface area (Å²) in [6.45, 7) is 1.96. The maximum atomic E-state index is 12.3. The number of thioether (sulfide) groups is 1. The lowest BCUT2D eigenvalue weighted by molar-refractivity contribution is -0.153. The molecule has 1 atom stereocenters. The Labute approximate surface area is 156 Å². The van der Waals surface area contributed by atoms with Crippen LogP contribution in [0.15, 0.2) is 59.5 Å². The van der Waals surface area contributed by atoms with Crippen LogP contribution in [0.1, 0.15) is 17.2 Å². The Balaban J connectivity index is 2.06. The van der Waals surface area contributed by atoms with E-state index in [1.165, 1.54) is 18.8 Å². The summed E-state index contributed by atoms with van der Waals surface area (Å²) in [5.74, 6) is -1.19. The van der Waals surface area contributed by atoms with Gasteiger partial charge in [-0.05, 0) is 18.6 Å². The number of carbonyl (C=O) groups excluding carboxylic acids is 3. The second-order valence-corrected chi connectivity index (χ2v) is 6.42. The minimum Gasteiger partial charge on any atom is -0.447 e. The summed E-state index contributed by atoms with van der Waals surface area (Å²) in [5.41, 5.74) is 1.55. The third-order valence-corrected chi connectivity index (χ3v) is 4.64. The van der Waals surface area contributed by atoms with Crippen LogP contribution in [0, 0.1) is 6.92 Å². The molecular weight excluding hydrogens is 352 g/mol. The molecule has 2 aromatic rings. The first kappa shape index (κ1) is 19.5. The average Bonchev–Trinajstić information content (AvgIpc) is 2.66. The van der Waals surface area contributed by atoms with Crippen LogP contribution in [0.4, 0.5) is 4.79 Å². The molecule has 2 rings (SSSR count). The van der Waals surface area contributed by atoms with Crippen molar-refractivity contribution in [1.82, 2.24) is 10.6 Å². The Hall–Kier alpha value is -2.80. The molecule has 0 radical (unpaired) electrons. The van der Waals surface area contributed by atoms with Crippen molar-refractivity contribution < 1.29 is 19.1 Å². The van der Waals surface area contributed by atoms with Crippen LogP contribution in [0.3, 0.4) is 0 Å². The van der Waals surface area contributed by atoms with Gasteiger partial charge in [0.05, 0.1) is 5.75 Å². The maximum absolute atomic E-state index is 12.3. The Morgan fingerprint density at radius 2 is 1.69 bits per heavy atom. The molecule has 0 bridgehead atoms. The zero-order chi connectivity index (χ0) is 18.9. The fraction of sp³-hybridized carbons (Fsp3) is 0.211. The molecule has 0 aliphatic carbocycles. The van der Waals surface area contributed by atoms with Crippen LogP contribution in [-0.2, 0) is 14.3 Å². The highest BCUT2D eigenvalue weighted by molar-refractivity contribution is 8.00. The molecule has 0 aromatic heterocycles. The standard InChI is InChI=1S/C19H20N2O4S/c1-13-8-6-7-11-15(13)26-12-16(22)25-17(14-9-4-3-5-10-14)18(23)21-19(24)20-2/h3-11,17H,12H2,1-2H3,(H2,20,21,23,24)/t17-/m1/s1. The lowest BCUT2D eigenvalue weighted by Crippen LogP contribution is -2.41. The van der Waals surface area contributed by atoms with Gasteiger partial charge < -0.3 is 10.1 Å². The number of hydrogen-bond acceptors (Lipinski definition) is 5. The van der Waals surface area contributed by atoms with E-state index in [1.54, 1.807) is 30.3 Å². The van der Waals surface area contributed by atoms with Crippen molar-refractivity contribution in [3.8, 4) is 0 Å². The summed E-state index contributed by atoms with van der Waals surface area (Å²) >= 11 is 1.34. The second kappa shape index (κ2) is 9.62. The largest absolute Gasteiger partial charge is 0.447 e. The predicted molar refractivity (Wildman–Crippen MR) is 99.8 cm³/mol. The van der Waals surface area contributed by atoms with Crippen LogP contribution in [0.2, 0.25) is 0 Å². The number of amides is 3. The molecule has 0 saturated heterocycles. The zero-order valence-corrected chi connectivity index (χ0v) is 15.3. The molecule has 136 valence electrons. The molecule has 6 nitrogen and oxygen atoms in total. The number of hydrogen-bond donors (Lipinski definition) is 2. The Morgan fingerprint density at radius 1 is 1.04 bits per heavy atom. The van der Waals surface area contributed by atoms with Gasteiger partial charge >= 0.3 is 12.0 Å². The Kier molecular flexibility index (Phi) is 7.23. The SMILES string of the molecule is CNC(=O)NC(=O)[C@H](OC(=O)CSc1ccccc1C)c1ccccc1. The van der Waals surface area contributed by atoms with E-state index in [9.17, 15) is 14.4 Å². The fourth-order valence-corrected chi connectivity index (χ4v) is 2.97. The molecule has 7 heteroatoms. The monoisotopic (exact) mass is 372 g/mol. The lowest BCUT2D eigenvalue weighted by atomic mass is 10.1. The normalized spacial score (nSPS) is 11.3. The van der Waals surface area contributed by atoms with Gasteiger partial charge in [-0.15, -0.1) is 11.8 Å². The molecule has 0 unspecified atom stereocenters. The van der Waals surface area contributed by atoms with Gasteiger partial charge in [0.15, 0.2) is 0 Å². The molecule has 0 spiro atoms. The van der Waals surface area contributed by atoms with Crippen LogP contribution >= 0.6 is 11.8 Å². The molecule has 2 aromatic carbocycles. The van der Waals surface area contributed by atoms with Crippen LogP contribution in [-0.4, -0.2) is 30.7 Å². The van der Waals surface area contributed by atoms with Gasteiger partial charge in [-0.25, -0.2) is 4.79 Å². The minimum absolute atomic E-state index is 0.0570. The number of imide groups is 1. The highest BCUT2D eigenvalue weighted by atomic mass is 32.2. The molecule has 0 aliphatic rings. The van der Waals surface area contributed by atoms with Gasteiger partial charge in [0.2, 0.25) is 6.10 Å². The molecule has 3 amide bonds. The van der Waals surface area contributed by atoms with Crippen molar-refractivity contribution in [2.45, 2.75) is 17.9 Å². The van der Waals surface area contributed by atoms with Gasteiger partial charge in [-0.2, -0.15) is 0 Å². The molecule has 26 heavy (non-hydrogen) atoms. The summed E-state index contributed by atoms with van der Waals surface area (Å²) in [6.07, 6.45) is -1.20. The third-order valence-electron chi connectivity index (χ3n) is 3.49. The van der Waals surface area contributed by atoms with Gasteiger partial charge in [0.1, 0.15) is 0 Å². The van der Waals surface area contributed by atoms with Crippen molar-refractivity contribution in [2.75, 3.05) is 12.8 Å². The van der Waals surface area contributed by atoms with Crippen molar-refractivity contribution in [3.63, 3.8) is 0 Å². The van der Waals surface area contributed by atoms with Crippen molar-refractivity contribution in [1.29, 1.82) is 0 Å². The molecular formula is C19H20N2O4S. The van der Waals surface area contributed by atoms with E-state index >= 15 is 0 Å². The molecule has 2 N–H and O–H groups in total. The van der Waals surface area contributed by atoms with Crippen molar-refractivity contribution in [2.24, 2.45) is 0 Å². The quantitative estimate of drug-likeness (QED) is 0.602. The molecule has 0 fully saturated rings. The summed E-state index contributed by atoms with van der Waals surface area (Å²) in [5, 5.41) is 4.44. The van der Waals surface area contributed by atoms with Gasteiger partial charge in [-0.1, -0.05) is 48.5 Å². The van der Waals surface area contributed by atoms with Crippen molar-refractivity contribution in [3.05, 3.63) is 65.7 Å². The maximum Gasteiger partial charge on any atom is 0.321 e. The summed E-state index contributed by atoms with van der Waals surface area (Å²) in [7, 11) is 1.39. The van der Waals surface area contributed by atoms with Gasteiger partial charge in [0.25, 0.3) is 5.91 Å². The fourth-order valence-electron chi connectivity index (χ4n) is 2.16. The molecule has 0 aliphatic heterocycles. The number of rotatable bonds is 6. The first-order chi connectivity index (χ1) is 12.5. The van der Waals surface area contributed by atoms with Crippen LogP contribution in [0.5, 0.6) is 0 Å². The highest BCUT2D eigenvalue weighted by Gasteiger charge is 2.26. The van der Waals surface area contributed by atoms with E-state index in [-0.39, 0.29) is 5.75 Å². The number of urea groups is 1. The Morgan fingerprint density at radius 3 is 2.35 bits per heavy atom. The van der Waals surface area contributed by atoms with E-state index in [1.807, 2.05) is 31.2 Å². The average molecular weight is 372 g/mol. The zero-order valence-electron chi connectivity index (χ0n) is 14.5. The number of aryl methyl sites for hydroxylation is 1. The summed E-state index contributed by atoms with van der Waals surface area (Å²) < 4.78 is 5.35. The number of esters is 1. The number of ether oxygens (including phenoxy) is 1. The van der Waals surface area contributed by atoms with Gasteiger partial charge in [0, 0.05) is 17.5 Å². The van der Waals surface area contributed by atoms with E-state index in [0.717, 1.165) is 10.5 Å². The lowest BCUT2D eigenvalue weighted by Gasteiger charge is -2.17. The molecule has 0 heterocycles. The number of benzene rings is 2. The van der Waals surface area contributed by atoms with Crippen molar-refractivity contribution >= 4 is 29.7 Å². The number of carbonyl (C=O) groups is 3. The minimum atomic E-state index is -1.20. The van der Waals surface area contributed by atoms with Gasteiger partial charge in [-0.3, -0.25) is 14.9 Å². The van der Waals surface area contributed by atoms with E-state index in [0.29, 0.717) is 5.56 Å². The van der Waals surface area contributed by atoms with Crippen LogP contribution in [0.25, 0.3) is 0 Å². The highest BCUT2D eigenvalue weighted by Crippen LogP contribution is 2.24. The number of nitrogens with one attached hydrogen (secondary N) is 2. The first-order valence-electron chi connectivity index (χ1n) is 7.96. The predicted octanol–water partition coefficient (Wildman–Crippen LogP) is 2.83. The van der Waals surface area contributed by atoms with Crippen LogP contribution < -0.4 is 10.6 Å². The van der Waals surface area contributed by atoms with E-state index in [2.05, 4.69) is 10.6 Å². The van der Waals surface area contributed by atoms with E-state index in [4.69, 9.17) is 4.74 Å². The summed E-state index contributed by atoms with van der Waals surface area (Å²) in [4.78, 5) is 36.9. The topological polar surface area (TPSA) is 84.5 Å². The smallest absolute Gasteiger partial charge is 0.321 e. The third kappa shape index (κ3) is 5.63.